The molecule has 0 radical (unpaired) electrons. The first-order valence-electron chi connectivity index (χ1n) is 6.43. The number of nitrogens with one attached hydrogen (secondary N) is 1. The molecule has 0 fully saturated rings. The molecule has 1 heterocycles. The fourth-order valence-corrected chi connectivity index (χ4v) is 1.89. The van der Waals surface area contributed by atoms with Gasteiger partial charge in [0.2, 0.25) is 5.91 Å². The maximum absolute atomic E-state index is 12.0. The van der Waals surface area contributed by atoms with Crippen LogP contribution in [0.1, 0.15) is 18.5 Å². The first-order chi connectivity index (χ1) is 9.58. The molecule has 0 saturated carbocycles. The van der Waals surface area contributed by atoms with Gasteiger partial charge >= 0.3 is 0 Å². The Morgan fingerprint density at radius 3 is 2.90 bits per heavy atom. The second kappa shape index (κ2) is 6.25. The lowest BCUT2D eigenvalue weighted by Crippen LogP contribution is -2.18. The van der Waals surface area contributed by atoms with E-state index in [-0.39, 0.29) is 18.5 Å². The van der Waals surface area contributed by atoms with Crippen LogP contribution in [0.3, 0.4) is 0 Å². The predicted molar refractivity (Wildman–Crippen MR) is 78.7 cm³/mol. The quantitative estimate of drug-likeness (QED) is 0.877. The lowest BCUT2D eigenvalue weighted by molar-refractivity contribution is -0.116. The van der Waals surface area contributed by atoms with E-state index < -0.39 is 0 Å². The second-order valence-corrected chi connectivity index (χ2v) is 4.69. The topological polar surface area (TPSA) is 69.3 Å². The summed E-state index contributed by atoms with van der Waals surface area (Å²) in [4.78, 5) is 12.0. The molecular weight excluding hydrogens is 254 g/mol. The summed E-state index contributed by atoms with van der Waals surface area (Å²) in [6, 6.07) is 9.15. The minimum absolute atomic E-state index is 0.0299. The summed E-state index contributed by atoms with van der Waals surface area (Å²) in [5.41, 5.74) is 7.52. The van der Waals surface area contributed by atoms with Crippen molar-refractivity contribution < 1.29 is 9.53 Å². The Labute approximate surface area is 118 Å². The van der Waals surface area contributed by atoms with E-state index >= 15 is 0 Å². The molecule has 2 aromatic rings. The molecule has 5 nitrogen and oxygen atoms in total. The van der Waals surface area contributed by atoms with E-state index in [4.69, 9.17) is 10.5 Å². The zero-order valence-corrected chi connectivity index (χ0v) is 11.7. The summed E-state index contributed by atoms with van der Waals surface area (Å²) in [7, 11) is 1.59. The molecule has 0 aliphatic heterocycles. The number of anilines is 1. The van der Waals surface area contributed by atoms with Gasteiger partial charge in [0, 0.05) is 30.2 Å². The fourth-order valence-electron chi connectivity index (χ4n) is 1.89. The van der Waals surface area contributed by atoms with E-state index in [0.717, 1.165) is 5.56 Å². The van der Waals surface area contributed by atoms with Gasteiger partial charge in [-0.3, -0.25) is 4.79 Å². The molecule has 1 unspecified atom stereocenters. The average molecular weight is 273 g/mol. The summed E-state index contributed by atoms with van der Waals surface area (Å²) >= 11 is 0. The largest absolute Gasteiger partial charge is 0.497 e. The SMILES string of the molecule is COc1cccc(NC(=O)Cn2ccc(C(C)N)c2)c1. The molecule has 1 amide bonds. The molecule has 3 N–H and O–H groups in total. The fraction of sp³-hybridized carbons (Fsp3) is 0.267. The van der Waals surface area contributed by atoms with E-state index in [0.29, 0.717) is 11.4 Å². The molecule has 0 spiro atoms. The first kappa shape index (κ1) is 14.1. The molecule has 0 saturated heterocycles. The summed E-state index contributed by atoms with van der Waals surface area (Å²) in [6.45, 7) is 2.17. The van der Waals surface area contributed by atoms with E-state index in [9.17, 15) is 4.79 Å². The molecule has 5 heteroatoms. The summed E-state index contributed by atoms with van der Waals surface area (Å²) in [5.74, 6) is 0.619. The van der Waals surface area contributed by atoms with Crippen LogP contribution in [-0.2, 0) is 11.3 Å². The Bertz CT molecular complexity index is 590. The van der Waals surface area contributed by atoms with E-state index in [1.165, 1.54) is 0 Å². The van der Waals surface area contributed by atoms with Crippen LogP contribution < -0.4 is 15.8 Å². The van der Waals surface area contributed by atoms with Crippen molar-refractivity contribution in [3.8, 4) is 5.75 Å². The number of ether oxygens (including phenoxy) is 1. The van der Waals surface area contributed by atoms with Crippen molar-refractivity contribution in [1.29, 1.82) is 0 Å². The number of carbonyl (C=O) groups is 1. The Balaban J connectivity index is 1.97. The van der Waals surface area contributed by atoms with Crippen LogP contribution in [0.25, 0.3) is 0 Å². The lowest BCUT2D eigenvalue weighted by Gasteiger charge is -2.07. The maximum Gasteiger partial charge on any atom is 0.244 e. The standard InChI is InChI=1S/C15H19N3O2/c1-11(16)12-6-7-18(9-12)10-15(19)17-13-4-3-5-14(8-13)20-2/h3-9,11H,10,16H2,1-2H3,(H,17,19). The minimum atomic E-state index is -0.0925. The molecule has 0 bridgehead atoms. The smallest absolute Gasteiger partial charge is 0.244 e. The van der Waals surface area contributed by atoms with Gasteiger partial charge < -0.3 is 20.4 Å². The molecule has 1 atom stereocenters. The van der Waals surface area contributed by atoms with Gasteiger partial charge in [-0.1, -0.05) is 6.07 Å². The first-order valence-corrected chi connectivity index (χ1v) is 6.43. The van der Waals surface area contributed by atoms with Crippen molar-refractivity contribution >= 4 is 11.6 Å². The van der Waals surface area contributed by atoms with Gasteiger partial charge in [0.1, 0.15) is 12.3 Å². The number of hydrogen-bond acceptors (Lipinski definition) is 3. The molecule has 2 rings (SSSR count). The van der Waals surface area contributed by atoms with Gasteiger partial charge in [0.05, 0.1) is 7.11 Å². The van der Waals surface area contributed by atoms with Crippen molar-refractivity contribution in [3.05, 3.63) is 48.3 Å². The Hall–Kier alpha value is -2.27. The molecule has 20 heavy (non-hydrogen) atoms. The normalized spacial score (nSPS) is 11.9. The number of amides is 1. The number of hydrogen-bond donors (Lipinski definition) is 2. The molecular formula is C15H19N3O2. The van der Waals surface area contributed by atoms with Gasteiger partial charge in [0.25, 0.3) is 0 Å². The second-order valence-electron chi connectivity index (χ2n) is 4.69. The van der Waals surface area contributed by atoms with E-state index in [1.54, 1.807) is 13.2 Å². The summed E-state index contributed by atoms with van der Waals surface area (Å²) < 4.78 is 6.93. The van der Waals surface area contributed by atoms with Gasteiger partial charge in [-0.25, -0.2) is 0 Å². The monoisotopic (exact) mass is 273 g/mol. The van der Waals surface area contributed by atoms with E-state index in [2.05, 4.69) is 5.32 Å². The number of nitrogens with two attached hydrogens (primary N) is 1. The third-order valence-electron chi connectivity index (χ3n) is 2.98. The van der Waals surface area contributed by atoms with Crippen molar-refractivity contribution in [2.24, 2.45) is 5.73 Å². The van der Waals surface area contributed by atoms with Crippen LogP contribution in [-0.4, -0.2) is 17.6 Å². The zero-order chi connectivity index (χ0) is 14.5. The highest BCUT2D eigenvalue weighted by Gasteiger charge is 2.06. The maximum atomic E-state index is 12.0. The van der Waals surface area contributed by atoms with Gasteiger partial charge in [-0.05, 0) is 30.7 Å². The molecule has 106 valence electrons. The third kappa shape index (κ3) is 3.61. The Morgan fingerprint density at radius 2 is 2.25 bits per heavy atom. The van der Waals surface area contributed by atoms with Crippen molar-refractivity contribution in [2.75, 3.05) is 12.4 Å². The molecule has 1 aromatic heterocycles. The van der Waals surface area contributed by atoms with Crippen LogP contribution in [0, 0.1) is 0 Å². The predicted octanol–water partition coefficient (Wildman–Crippen LogP) is 2.16. The summed E-state index contributed by atoms with van der Waals surface area (Å²) in [6.07, 6.45) is 3.74. The number of methoxy groups -OCH3 is 1. The van der Waals surface area contributed by atoms with Crippen LogP contribution in [0.4, 0.5) is 5.69 Å². The third-order valence-corrected chi connectivity index (χ3v) is 2.98. The number of aromatic nitrogens is 1. The number of carbonyl (C=O) groups excluding carboxylic acids is 1. The average Bonchev–Trinajstić information content (AvgIpc) is 2.87. The van der Waals surface area contributed by atoms with Crippen molar-refractivity contribution in [2.45, 2.75) is 19.5 Å². The molecule has 1 aromatic carbocycles. The van der Waals surface area contributed by atoms with Crippen molar-refractivity contribution in [3.63, 3.8) is 0 Å². The molecule has 0 aliphatic rings. The Kier molecular flexibility index (Phi) is 4.42. The number of benzene rings is 1. The minimum Gasteiger partial charge on any atom is -0.497 e. The van der Waals surface area contributed by atoms with E-state index in [1.807, 2.05) is 48.1 Å². The van der Waals surface area contributed by atoms with Crippen LogP contribution in [0.15, 0.2) is 42.7 Å². The zero-order valence-electron chi connectivity index (χ0n) is 11.7. The van der Waals surface area contributed by atoms with Crippen molar-refractivity contribution in [1.82, 2.24) is 4.57 Å². The van der Waals surface area contributed by atoms with Crippen LogP contribution in [0.5, 0.6) is 5.75 Å². The molecule has 0 aliphatic carbocycles. The summed E-state index contributed by atoms with van der Waals surface area (Å²) in [5, 5.41) is 2.83. The van der Waals surface area contributed by atoms with Gasteiger partial charge in [-0.15, -0.1) is 0 Å². The van der Waals surface area contributed by atoms with Gasteiger partial charge in [-0.2, -0.15) is 0 Å². The lowest BCUT2D eigenvalue weighted by atomic mass is 10.2. The highest BCUT2D eigenvalue weighted by atomic mass is 16.5. The number of rotatable bonds is 5. The Morgan fingerprint density at radius 1 is 1.45 bits per heavy atom. The van der Waals surface area contributed by atoms with Gasteiger partial charge in [0.15, 0.2) is 0 Å². The highest BCUT2D eigenvalue weighted by Crippen LogP contribution is 2.16. The van der Waals surface area contributed by atoms with Crippen LogP contribution >= 0.6 is 0 Å². The van der Waals surface area contributed by atoms with Crippen LogP contribution in [0.2, 0.25) is 0 Å². The highest BCUT2D eigenvalue weighted by molar-refractivity contribution is 5.90. The number of nitrogens with zero attached hydrogens (tertiary/aromatic N) is 1.